The van der Waals surface area contributed by atoms with E-state index in [9.17, 15) is 0 Å². The van der Waals surface area contributed by atoms with Gasteiger partial charge < -0.3 is 4.74 Å². The third-order valence-electron chi connectivity index (χ3n) is 0.544. The van der Waals surface area contributed by atoms with Gasteiger partial charge in [0.25, 0.3) is 0 Å². The molecule has 0 atom stereocenters. The molecule has 0 fully saturated rings. The van der Waals surface area contributed by atoms with Gasteiger partial charge in [0, 0.05) is 6.42 Å². The van der Waals surface area contributed by atoms with Crippen molar-refractivity contribution >= 4 is 29.9 Å². The second-order valence-electron chi connectivity index (χ2n) is 1.05. The van der Waals surface area contributed by atoms with Gasteiger partial charge in [-0.05, 0) is 18.0 Å². The number of thiocarbonyl (C=S) groups is 1. The molecular formula is C4H8OS2. The van der Waals surface area contributed by atoms with Crippen molar-refractivity contribution in [2.24, 2.45) is 0 Å². The smallest absolute Gasteiger partial charge is 0.160 e. The Balaban J connectivity index is 3.00. The fourth-order valence-corrected chi connectivity index (χ4v) is 0.650. The molecule has 0 spiro atoms. The molecule has 0 heterocycles. The Morgan fingerprint density at radius 3 is 2.57 bits per heavy atom. The van der Waals surface area contributed by atoms with E-state index in [1.165, 1.54) is 0 Å². The lowest BCUT2D eigenvalue weighted by atomic mass is 10.5. The van der Waals surface area contributed by atoms with Crippen LogP contribution in [-0.4, -0.2) is 17.9 Å². The van der Waals surface area contributed by atoms with E-state index in [0.29, 0.717) is 5.05 Å². The standard InChI is InChI=1S/C4H8OS2/c1-5-4(7)2-3-6/h6H,2-3H2,1H3. The number of ether oxygens (including phenoxy) is 1. The molecule has 0 radical (unpaired) electrons. The molecule has 0 saturated carbocycles. The average molecular weight is 136 g/mol. The first kappa shape index (κ1) is 7.24. The number of methoxy groups -OCH3 is 1. The van der Waals surface area contributed by atoms with Crippen molar-refractivity contribution in [1.82, 2.24) is 0 Å². The topological polar surface area (TPSA) is 9.23 Å². The molecule has 0 aliphatic heterocycles. The zero-order valence-corrected chi connectivity index (χ0v) is 5.89. The zero-order chi connectivity index (χ0) is 5.70. The van der Waals surface area contributed by atoms with E-state index in [2.05, 4.69) is 29.6 Å². The second-order valence-corrected chi connectivity index (χ2v) is 1.95. The molecule has 0 amide bonds. The van der Waals surface area contributed by atoms with Crippen molar-refractivity contribution in [1.29, 1.82) is 0 Å². The number of hydrogen-bond acceptors (Lipinski definition) is 3. The molecule has 7 heavy (non-hydrogen) atoms. The maximum atomic E-state index is 4.68. The van der Waals surface area contributed by atoms with Crippen LogP contribution in [-0.2, 0) is 4.74 Å². The molecule has 0 aliphatic rings. The van der Waals surface area contributed by atoms with E-state index < -0.39 is 0 Å². The summed E-state index contributed by atoms with van der Waals surface area (Å²) in [6.07, 6.45) is 0.773. The fourth-order valence-electron chi connectivity index (χ4n) is 0.193. The molecule has 0 aliphatic carbocycles. The van der Waals surface area contributed by atoms with Crippen LogP contribution in [0.1, 0.15) is 6.42 Å². The Morgan fingerprint density at radius 2 is 2.43 bits per heavy atom. The summed E-state index contributed by atoms with van der Waals surface area (Å²) in [6, 6.07) is 0. The Hall–Kier alpha value is 0.240. The summed E-state index contributed by atoms with van der Waals surface area (Å²) in [7, 11) is 1.58. The Labute approximate surface area is 54.5 Å². The van der Waals surface area contributed by atoms with Gasteiger partial charge in [-0.15, -0.1) is 0 Å². The highest BCUT2D eigenvalue weighted by atomic mass is 32.1. The monoisotopic (exact) mass is 136 g/mol. The minimum absolute atomic E-state index is 0.634. The predicted molar refractivity (Wildman–Crippen MR) is 38.1 cm³/mol. The van der Waals surface area contributed by atoms with Crippen LogP contribution in [0.25, 0.3) is 0 Å². The van der Waals surface area contributed by atoms with E-state index >= 15 is 0 Å². The van der Waals surface area contributed by atoms with E-state index in [4.69, 9.17) is 0 Å². The molecule has 0 rings (SSSR count). The van der Waals surface area contributed by atoms with Crippen molar-refractivity contribution < 1.29 is 4.74 Å². The normalized spacial score (nSPS) is 8.29. The van der Waals surface area contributed by atoms with Gasteiger partial charge in [0.1, 0.15) is 0 Å². The first-order chi connectivity index (χ1) is 3.31. The summed E-state index contributed by atoms with van der Waals surface area (Å²) in [6.45, 7) is 0. The van der Waals surface area contributed by atoms with Crippen LogP contribution < -0.4 is 0 Å². The first-order valence-electron chi connectivity index (χ1n) is 1.99. The first-order valence-corrected chi connectivity index (χ1v) is 3.03. The predicted octanol–water partition coefficient (Wildman–Crippen LogP) is 1.28. The molecule has 0 N–H and O–H groups in total. The van der Waals surface area contributed by atoms with Crippen LogP contribution in [0.5, 0.6) is 0 Å². The maximum Gasteiger partial charge on any atom is 0.160 e. The minimum atomic E-state index is 0.634. The zero-order valence-electron chi connectivity index (χ0n) is 4.18. The maximum absolute atomic E-state index is 4.68. The quantitative estimate of drug-likeness (QED) is 0.452. The van der Waals surface area contributed by atoms with Gasteiger partial charge in [0.15, 0.2) is 5.05 Å². The van der Waals surface area contributed by atoms with Gasteiger partial charge in [-0.25, -0.2) is 0 Å². The van der Waals surface area contributed by atoms with E-state index in [-0.39, 0.29) is 0 Å². The third-order valence-corrected chi connectivity index (χ3v) is 1.14. The largest absolute Gasteiger partial charge is 0.490 e. The summed E-state index contributed by atoms with van der Waals surface area (Å²) in [5.41, 5.74) is 0. The lowest BCUT2D eigenvalue weighted by Crippen LogP contribution is -1.96. The number of rotatable bonds is 2. The average Bonchev–Trinajstić information content (AvgIpc) is 1.68. The molecule has 0 unspecified atom stereocenters. The van der Waals surface area contributed by atoms with Crippen LogP contribution in [0.3, 0.4) is 0 Å². The van der Waals surface area contributed by atoms with Crippen molar-refractivity contribution in [2.45, 2.75) is 6.42 Å². The number of thiol groups is 1. The van der Waals surface area contributed by atoms with Gasteiger partial charge in [-0.2, -0.15) is 12.6 Å². The van der Waals surface area contributed by atoms with E-state index in [0.717, 1.165) is 12.2 Å². The molecular weight excluding hydrogens is 128 g/mol. The molecule has 0 aromatic heterocycles. The van der Waals surface area contributed by atoms with Gasteiger partial charge >= 0.3 is 0 Å². The summed E-state index contributed by atoms with van der Waals surface area (Å²) in [5, 5.41) is 0.634. The Kier molecular flexibility index (Phi) is 4.55. The van der Waals surface area contributed by atoms with Gasteiger partial charge in [-0.3, -0.25) is 0 Å². The molecule has 0 aromatic rings. The van der Waals surface area contributed by atoms with Crippen molar-refractivity contribution in [3.05, 3.63) is 0 Å². The third kappa shape index (κ3) is 4.09. The van der Waals surface area contributed by atoms with Gasteiger partial charge in [0.2, 0.25) is 0 Å². The lowest BCUT2D eigenvalue weighted by Gasteiger charge is -1.95. The highest BCUT2D eigenvalue weighted by Crippen LogP contribution is 1.88. The van der Waals surface area contributed by atoms with Gasteiger partial charge in [0.05, 0.1) is 7.11 Å². The Morgan fingerprint density at radius 1 is 1.86 bits per heavy atom. The summed E-state index contributed by atoms with van der Waals surface area (Å²) < 4.78 is 4.67. The summed E-state index contributed by atoms with van der Waals surface area (Å²) >= 11 is 8.63. The SMILES string of the molecule is COC(=S)CCS. The van der Waals surface area contributed by atoms with Crippen LogP contribution in [0.2, 0.25) is 0 Å². The van der Waals surface area contributed by atoms with Gasteiger partial charge in [-0.1, -0.05) is 0 Å². The molecule has 0 bridgehead atoms. The van der Waals surface area contributed by atoms with Crippen molar-refractivity contribution in [2.75, 3.05) is 12.9 Å². The molecule has 3 heteroatoms. The van der Waals surface area contributed by atoms with Crippen LogP contribution in [0.15, 0.2) is 0 Å². The molecule has 42 valence electrons. The van der Waals surface area contributed by atoms with Crippen LogP contribution in [0, 0.1) is 0 Å². The molecule has 0 saturated heterocycles. The Bertz CT molecular complexity index is 62.7. The molecule has 1 nitrogen and oxygen atoms in total. The van der Waals surface area contributed by atoms with E-state index in [1.807, 2.05) is 0 Å². The number of hydrogen-bond donors (Lipinski definition) is 1. The molecule has 0 aromatic carbocycles. The van der Waals surface area contributed by atoms with E-state index in [1.54, 1.807) is 7.11 Å². The van der Waals surface area contributed by atoms with Crippen LogP contribution >= 0.6 is 24.8 Å². The van der Waals surface area contributed by atoms with Crippen molar-refractivity contribution in [3.63, 3.8) is 0 Å². The summed E-state index contributed by atoms with van der Waals surface area (Å²) in [5.74, 6) is 0.771. The lowest BCUT2D eigenvalue weighted by molar-refractivity contribution is 0.405. The van der Waals surface area contributed by atoms with Crippen molar-refractivity contribution in [3.8, 4) is 0 Å². The van der Waals surface area contributed by atoms with Crippen LogP contribution in [0.4, 0.5) is 0 Å². The second kappa shape index (κ2) is 4.40. The summed E-state index contributed by atoms with van der Waals surface area (Å²) in [4.78, 5) is 0. The fraction of sp³-hybridized carbons (Fsp3) is 0.750. The minimum Gasteiger partial charge on any atom is -0.490 e. The highest BCUT2D eigenvalue weighted by Gasteiger charge is 1.87. The highest BCUT2D eigenvalue weighted by molar-refractivity contribution is 7.81.